The van der Waals surface area contributed by atoms with Gasteiger partial charge in [-0.1, -0.05) is 64.9 Å². The Morgan fingerprint density at radius 3 is 1.03 bits per heavy atom. The van der Waals surface area contributed by atoms with Crippen LogP contribution in [0.5, 0.6) is 34.5 Å². The van der Waals surface area contributed by atoms with Gasteiger partial charge < -0.3 is 45.2 Å². The fourth-order valence-corrected chi connectivity index (χ4v) is 16.1. The van der Waals surface area contributed by atoms with E-state index in [-0.39, 0.29) is 17.1 Å². The first-order valence-electron chi connectivity index (χ1n) is 37.9. The highest BCUT2D eigenvalue weighted by Gasteiger charge is 2.27. The van der Waals surface area contributed by atoms with Crippen LogP contribution in [-0.4, -0.2) is 145 Å². The van der Waals surface area contributed by atoms with E-state index in [1.165, 1.54) is 24.4 Å². The van der Waals surface area contributed by atoms with Crippen LogP contribution in [0.25, 0.3) is 33.8 Å². The number of hydrogen-bond donors (Lipinski definition) is 5. The number of hydrogen-bond acceptors (Lipinski definition) is 22. The summed E-state index contributed by atoms with van der Waals surface area (Å²) in [6.07, 6.45) is 11.8. The minimum Gasteiger partial charge on any atom is -0.493 e. The number of aromatic nitrogens is 6. The fraction of sp³-hybridized carbons (Fsp3) is 0.384. The normalized spacial score (nSPS) is 12.5. The van der Waals surface area contributed by atoms with E-state index in [0.717, 1.165) is 123 Å². The van der Waals surface area contributed by atoms with Gasteiger partial charge in [0, 0.05) is 101 Å². The number of benzene rings is 6. The zero-order valence-electron chi connectivity index (χ0n) is 71.0. The Morgan fingerprint density at radius 2 is 0.761 bits per heavy atom. The highest BCUT2D eigenvalue weighted by molar-refractivity contribution is 8.38. The molecule has 117 heavy (non-hydrogen) atoms. The van der Waals surface area contributed by atoms with Gasteiger partial charge in [0.25, 0.3) is 0 Å². The summed E-state index contributed by atoms with van der Waals surface area (Å²) >= 11 is 4.71. The predicted octanol–water partition coefficient (Wildman–Crippen LogP) is 10.8. The van der Waals surface area contributed by atoms with Crippen LogP contribution in [0.2, 0.25) is 0 Å². The van der Waals surface area contributed by atoms with Crippen molar-refractivity contribution in [1.82, 2.24) is 43.4 Å². The Bertz CT molecular complexity index is 5680. The highest BCUT2D eigenvalue weighted by Crippen LogP contribution is 2.41. The largest absolute Gasteiger partial charge is 0.493 e. The van der Waals surface area contributed by atoms with Gasteiger partial charge in [-0.25, -0.2) is 29.4 Å². The third-order valence-corrected chi connectivity index (χ3v) is 22.5. The Morgan fingerprint density at radius 1 is 0.444 bits per heavy atom. The van der Waals surface area contributed by atoms with Crippen molar-refractivity contribution in [3.8, 4) is 80.7 Å². The summed E-state index contributed by atoms with van der Waals surface area (Å²) in [6, 6.07) is 30.3. The maximum Gasteiger partial charge on any atom is 0.330 e. The Kier molecular flexibility index (Phi) is 33.4. The summed E-state index contributed by atoms with van der Waals surface area (Å²) < 4.78 is 44.6. The standard InChI is InChI=1S/C28H33N7O3.C28H32N6O3S.C25H30N4O3.C4H9NS2.CH5N/c1-17-11-18(2)26(19(3)12-17)33-25-15-22-21-14-24(38-6)23(37-5)13-20(21)7-9-34(22)28(36)35(25)10-8-31-27(30-4)32-16-29;1-17-11-18(2)26(19(3)12-17)32-25-15-22-21-14-24(37-5)23(36-4)13-20(21)7-9-33(22)28(35)34(25)10-8-30-27(38-6)31-16-29;1-15-10-16(2)24(17(3)11-15)27-23-14-20-19-13-22(32-5)21(31-4)12-18(19)6-8-28(20)25(30)29(23)9-7-26;1-5-4(6-2)7-3;1-2/h11-15H,7-10H2,1-6H3,(H2,30,31,32);11-15H,7-10H2,1-6H3,(H,30,31);10-14H,6-9,26H2,1-5H3;1-3H3;2H2,1H3. The zero-order chi connectivity index (χ0) is 85.5. The molecule has 0 bridgehead atoms. The van der Waals surface area contributed by atoms with Gasteiger partial charge in [0.05, 0.1) is 83.3 Å². The van der Waals surface area contributed by atoms with Gasteiger partial charge in [0.15, 0.2) is 52.1 Å². The maximum atomic E-state index is 13.9. The minimum absolute atomic E-state index is 0.102. The van der Waals surface area contributed by atoms with Crippen LogP contribution in [0.3, 0.4) is 0 Å². The molecular formula is C86H109N19O9S3. The molecule has 620 valence electrons. The average molecular weight is 1650 g/mol. The van der Waals surface area contributed by atoms with Gasteiger partial charge in [-0.05, 0) is 194 Å². The lowest BCUT2D eigenvalue weighted by molar-refractivity contribution is 0.354. The van der Waals surface area contributed by atoms with Crippen LogP contribution in [0.4, 0.5) is 17.1 Å². The first-order valence-corrected chi connectivity index (χ1v) is 41.6. The molecule has 0 atom stereocenters. The van der Waals surface area contributed by atoms with E-state index in [1.807, 2.05) is 134 Å². The van der Waals surface area contributed by atoms with Crippen molar-refractivity contribution in [2.45, 2.75) is 121 Å². The molecule has 6 aromatic carbocycles. The van der Waals surface area contributed by atoms with Crippen molar-refractivity contribution < 1.29 is 28.4 Å². The van der Waals surface area contributed by atoms with Crippen molar-refractivity contribution in [3.63, 3.8) is 0 Å². The Labute approximate surface area is 696 Å². The number of fused-ring (bicyclic) bond motifs is 9. The highest BCUT2D eigenvalue weighted by atomic mass is 32.2. The molecule has 0 unspecified atom stereocenters. The Balaban J connectivity index is 0.000000208. The second-order valence-electron chi connectivity index (χ2n) is 27.4. The summed E-state index contributed by atoms with van der Waals surface area (Å²) in [4.78, 5) is 68.7. The molecule has 12 rings (SSSR count). The molecule has 6 heterocycles. The first kappa shape index (κ1) is 91.0. The molecule has 3 aliphatic heterocycles. The number of nitrogens with one attached hydrogen (secondary N) is 3. The molecule has 31 heteroatoms. The quantitative estimate of drug-likeness (QED) is 0.0245. The molecule has 9 aromatic rings. The van der Waals surface area contributed by atoms with Crippen LogP contribution in [0, 0.1) is 85.2 Å². The van der Waals surface area contributed by atoms with Gasteiger partial charge >= 0.3 is 17.1 Å². The molecule has 3 aromatic heterocycles. The van der Waals surface area contributed by atoms with Crippen LogP contribution in [0.15, 0.2) is 135 Å². The van der Waals surface area contributed by atoms with E-state index in [9.17, 15) is 14.4 Å². The van der Waals surface area contributed by atoms with Gasteiger partial charge in [-0.2, -0.15) is 10.5 Å². The summed E-state index contributed by atoms with van der Waals surface area (Å²) in [5.41, 5.74) is 32.5. The van der Waals surface area contributed by atoms with E-state index in [0.29, 0.717) is 134 Å². The maximum absolute atomic E-state index is 13.9. The summed E-state index contributed by atoms with van der Waals surface area (Å²) in [5, 5.41) is 26.5. The molecule has 0 fully saturated rings. The second-order valence-corrected chi connectivity index (χ2v) is 30.0. The molecule has 0 aliphatic carbocycles. The first-order chi connectivity index (χ1) is 56.3. The van der Waals surface area contributed by atoms with Crippen LogP contribution in [0.1, 0.15) is 66.8 Å². The van der Waals surface area contributed by atoms with Crippen LogP contribution in [-0.2, 0) is 58.5 Å². The van der Waals surface area contributed by atoms with Crippen LogP contribution >= 0.6 is 35.3 Å². The second kappa shape index (κ2) is 42.9. The number of nitriles is 2. The van der Waals surface area contributed by atoms with Crippen molar-refractivity contribution in [3.05, 3.63) is 206 Å². The van der Waals surface area contributed by atoms with Crippen molar-refractivity contribution in [2.75, 3.05) is 102 Å². The van der Waals surface area contributed by atoms with E-state index in [4.69, 9.17) is 59.7 Å². The van der Waals surface area contributed by atoms with Gasteiger partial charge in [0.2, 0.25) is 5.96 Å². The van der Waals surface area contributed by atoms with E-state index in [2.05, 4.69) is 93.8 Å². The lowest BCUT2D eigenvalue weighted by Crippen LogP contribution is -2.45. The summed E-state index contributed by atoms with van der Waals surface area (Å²) in [7, 11) is 14.6. The smallest absolute Gasteiger partial charge is 0.330 e. The van der Waals surface area contributed by atoms with Crippen LogP contribution < -0.4 is 89.4 Å². The summed E-state index contributed by atoms with van der Waals surface area (Å²) in [6.45, 7) is 22.1. The van der Waals surface area contributed by atoms with E-state index < -0.39 is 0 Å². The number of nitrogens with zero attached hydrogens (tertiary/aromatic N) is 14. The molecule has 28 nitrogen and oxygen atoms in total. The number of ether oxygens (including phenoxy) is 6. The van der Waals surface area contributed by atoms with Crippen molar-refractivity contribution >= 4 is 67.9 Å². The lowest BCUT2D eigenvalue weighted by Gasteiger charge is -2.24. The number of aryl methyl sites for hydroxylation is 12. The molecule has 0 saturated heterocycles. The molecule has 7 N–H and O–H groups in total. The predicted molar refractivity (Wildman–Crippen MR) is 475 cm³/mol. The topological polar surface area (TPSA) is 346 Å². The molecule has 3 aliphatic rings. The van der Waals surface area contributed by atoms with Gasteiger partial charge in [-0.3, -0.25) is 53.0 Å². The minimum atomic E-state index is -0.158. The average Bonchev–Trinajstić information content (AvgIpc) is 0.760. The molecule has 0 amide bonds. The number of amidine groups is 1. The fourth-order valence-electron chi connectivity index (χ4n) is 14.7. The number of guanidine groups is 1. The lowest BCUT2D eigenvalue weighted by atomic mass is 9.97. The van der Waals surface area contributed by atoms with Crippen molar-refractivity contribution in [1.29, 1.82) is 10.5 Å². The molecule has 0 saturated carbocycles. The summed E-state index contributed by atoms with van der Waals surface area (Å²) in [5.74, 6) is 4.20. The van der Waals surface area contributed by atoms with Gasteiger partial charge in [0.1, 0.15) is 20.8 Å². The zero-order valence-corrected chi connectivity index (χ0v) is 73.4. The monoisotopic (exact) mass is 1650 g/mol. The number of thioether (sulfide) groups is 3. The third kappa shape index (κ3) is 21.4. The molecular weight excluding hydrogens is 1540 g/mol. The number of methoxy groups -OCH3 is 6. The third-order valence-electron chi connectivity index (χ3n) is 19.8. The molecule has 0 spiro atoms. The number of nitrogens with two attached hydrogens (primary N) is 2. The van der Waals surface area contributed by atoms with Gasteiger partial charge in [-0.15, -0.1) is 23.5 Å². The molecule has 0 radical (unpaired) electrons. The Hall–Kier alpha value is -11.5. The number of aliphatic imine (C=N–C) groups is 3. The van der Waals surface area contributed by atoms with Crippen molar-refractivity contribution in [2.24, 2.45) is 41.4 Å². The van der Waals surface area contributed by atoms with E-state index >= 15 is 0 Å². The SMILES string of the molecule is CN.CN=C(NC#N)NCCn1c(=Nc2c(C)cc(C)cc2C)cc2n(c1=O)CCc1cc(OC)c(OC)cc1-2.CN=C(SC)SC.COc1cc2c(cc1OC)-c1cc(=Nc3c(C)cc(C)cc3C)n(CCN)c(=O)n1CC2.COc1cc2c(cc1OC)-c1cc(=Nc3c(C)cc(C)cc3C)n(CCN=C(NC#N)SC)c(=O)n1CC2. The van der Waals surface area contributed by atoms with E-state index in [1.54, 1.807) is 101 Å². The number of rotatable bonds is 17.